The number of rotatable bonds is 15. The second-order valence-corrected chi connectivity index (χ2v) is 24.6. The SMILES string of the molecule is CNNc1cccc(C(=O)O[C@H]2CC[C@@H](NC(=O)OC(C)(C)C)[C@H](O[C@H]3[C@H](O)[C@@H](O[C@H]4OC[C@](C)(O)[C@H](NC)[C@H]4O)[C@H](NC(=O)[C@H]4OC(C)(C)O[C@@H]4CNC(=O)OC(C)(C)C)C[C@@H]3NC(=O)OC(C)(C)C)O2)c1C(C)(C)C. The van der Waals surface area contributed by atoms with Crippen LogP contribution in [0.15, 0.2) is 18.2 Å². The van der Waals surface area contributed by atoms with E-state index in [1.807, 2.05) is 26.8 Å². The first-order valence-corrected chi connectivity index (χ1v) is 26.1. The molecule has 25 nitrogen and oxygen atoms in total. The lowest BCUT2D eigenvalue weighted by Crippen LogP contribution is -2.70. The van der Waals surface area contributed by atoms with Crippen LogP contribution in [-0.4, -0.2) is 181 Å². The van der Waals surface area contributed by atoms with Crippen LogP contribution in [0.25, 0.3) is 0 Å². The molecule has 0 radical (unpaired) electrons. The van der Waals surface area contributed by atoms with Crippen molar-refractivity contribution in [2.75, 3.05) is 32.7 Å². The lowest BCUT2D eigenvalue weighted by molar-refractivity contribution is -0.317. The van der Waals surface area contributed by atoms with Crippen molar-refractivity contribution in [2.24, 2.45) is 0 Å². The van der Waals surface area contributed by atoms with Gasteiger partial charge in [0.15, 0.2) is 24.5 Å². The summed E-state index contributed by atoms with van der Waals surface area (Å²) in [6.45, 7) is 25.0. The van der Waals surface area contributed by atoms with E-state index in [2.05, 4.69) is 37.4 Å². The number of carbonyl (C=O) groups is 5. The Labute approximate surface area is 451 Å². The summed E-state index contributed by atoms with van der Waals surface area (Å²) in [5.74, 6) is -2.82. The Bertz CT molecular complexity index is 2210. The summed E-state index contributed by atoms with van der Waals surface area (Å²) >= 11 is 0. The van der Waals surface area contributed by atoms with Crippen molar-refractivity contribution in [2.45, 2.75) is 236 Å². The van der Waals surface area contributed by atoms with Gasteiger partial charge in [0.05, 0.1) is 48.6 Å². The van der Waals surface area contributed by atoms with Crippen molar-refractivity contribution >= 4 is 35.8 Å². The molecular weight excluding hydrogens is 1010 g/mol. The summed E-state index contributed by atoms with van der Waals surface area (Å²) in [5.41, 5.74) is 2.64. The predicted molar refractivity (Wildman–Crippen MR) is 277 cm³/mol. The normalized spacial score (nSPS) is 31.8. The molecule has 1 saturated carbocycles. The Hall–Kier alpha value is -4.67. The number of likely N-dealkylation sites (N-methyl/N-ethyl adjacent to an activating group) is 1. The molecular formula is C52H87N7O18. The Balaban J connectivity index is 1.55. The van der Waals surface area contributed by atoms with Gasteiger partial charge in [0, 0.05) is 13.5 Å². The number of alkyl carbamates (subject to hydrolysis) is 3. The Kier molecular flexibility index (Phi) is 20.3. The minimum absolute atomic E-state index is 0.0589. The fourth-order valence-electron chi connectivity index (χ4n) is 9.67. The number of benzene rings is 1. The van der Waals surface area contributed by atoms with Gasteiger partial charge in [-0.05, 0) is 126 Å². The summed E-state index contributed by atoms with van der Waals surface area (Å²) in [7, 11) is 3.22. The molecule has 0 bridgehead atoms. The number of esters is 1. The zero-order valence-electron chi connectivity index (χ0n) is 47.7. The van der Waals surface area contributed by atoms with E-state index in [1.54, 1.807) is 95.3 Å². The first-order valence-electron chi connectivity index (χ1n) is 26.1. The summed E-state index contributed by atoms with van der Waals surface area (Å²) in [4.78, 5) is 68.8. The maximum Gasteiger partial charge on any atom is 0.408 e. The molecule has 1 aliphatic carbocycles. The minimum Gasteiger partial charge on any atom is -0.444 e. The van der Waals surface area contributed by atoms with Gasteiger partial charge >= 0.3 is 24.2 Å². The molecule has 3 aliphatic heterocycles. The zero-order chi connectivity index (χ0) is 57.8. The fourth-order valence-corrected chi connectivity index (χ4v) is 9.67. The number of nitrogens with one attached hydrogen (secondary N) is 7. The second-order valence-electron chi connectivity index (χ2n) is 24.6. The van der Waals surface area contributed by atoms with E-state index in [0.29, 0.717) is 11.3 Å². The molecule has 5 rings (SSSR count). The molecule has 10 N–H and O–H groups in total. The highest BCUT2D eigenvalue weighted by Crippen LogP contribution is 2.37. The number of aliphatic hydroxyl groups is 3. The molecule has 4 fully saturated rings. The van der Waals surface area contributed by atoms with Crippen LogP contribution in [0.2, 0.25) is 0 Å². The highest BCUT2D eigenvalue weighted by atomic mass is 16.8. The van der Waals surface area contributed by atoms with Gasteiger partial charge in [-0.2, -0.15) is 0 Å². The van der Waals surface area contributed by atoms with Crippen molar-refractivity contribution in [1.29, 1.82) is 0 Å². The van der Waals surface area contributed by atoms with E-state index in [-0.39, 0.29) is 38.0 Å². The van der Waals surface area contributed by atoms with Crippen LogP contribution in [0.4, 0.5) is 20.1 Å². The lowest BCUT2D eigenvalue weighted by Gasteiger charge is -2.49. The molecule has 77 heavy (non-hydrogen) atoms. The van der Waals surface area contributed by atoms with Crippen LogP contribution in [0.3, 0.4) is 0 Å². The Morgan fingerprint density at radius 1 is 0.714 bits per heavy atom. The van der Waals surface area contributed by atoms with Gasteiger partial charge in [0.25, 0.3) is 5.91 Å². The first-order chi connectivity index (χ1) is 35.4. The summed E-state index contributed by atoms with van der Waals surface area (Å²) < 4.78 is 60.3. The van der Waals surface area contributed by atoms with E-state index in [4.69, 9.17) is 47.4 Å². The molecule has 0 aromatic heterocycles. The molecule has 438 valence electrons. The van der Waals surface area contributed by atoms with Crippen LogP contribution < -0.4 is 37.4 Å². The van der Waals surface area contributed by atoms with Crippen LogP contribution in [0.1, 0.15) is 139 Å². The standard InChI is InChI=1S/C52H87N7O18/c1-47(2,3)33-26(19-18-20-27(33)59-54-17)41(63)69-32-22-21-28(57-45(65)76-49(7,8)9)42(70-32)71-37-30(58-46(66)77-50(10,11)12)23-29(36(34(37)60)72-43-35(61)39(53-16)52(15,67)25-68-43)56-40(62)38-31(73-51(13,14)74-38)24-55-44(64)75-48(4,5)6/h18-20,28-32,34-39,42-43,53-54,59-61,67H,21-25H2,1-17H3,(H,55,64)(H,56,62)(H,57,65)(H,58,66)/t28-,29-,30+,31-,32-,34-,35-,36+,37-,38+,39-,42+,43-,52+/m1/s1. The van der Waals surface area contributed by atoms with Crippen LogP contribution in [0.5, 0.6) is 0 Å². The van der Waals surface area contributed by atoms with Crippen molar-refractivity contribution in [3.05, 3.63) is 29.3 Å². The molecule has 4 aliphatic rings. The average Bonchev–Trinajstić information content (AvgIpc) is 3.58. The van der Waals surface area contributed by atoms with Gasteiger partial charge in [0.2, 0.25) is 6.29 Å². The topological polar surface area (TPSA) is 323 Å². The third-order valence-electron chi connectivity index (χ3n) is 12.6. The maximum atomic E-state index is 14.6. The maximum absolute atomic E-state index is 14.6. The number of hydrogen-bond acceptors (Lipinski definition) is 21. The average molecular weight is 1100 g/mol. The summed E-state index contributed by atoms with van der Waals surface area (Å²) in [6, 6.07) is 0.551. The highest BCUT2D eigenvalue weighted by Gasteiger charge is 2.55. The molecule has 0 spiro atoms. The number of hydrazine groups is 1. The van der Waals surface area contributed by atoms with Crippen molar-refractivity contribution in [3.63, 3.8) is 0 Å². The largest absolute Gasteiger partial charge is 0.444 e. The van der Waals surface area contributed by atoms with Crippen molar-refractivity contribution in [1.82, 2.24) is 32.0 Å². The Morgan fingerprint density at radius 3 is 1.83 bits per heavy atom. The molecule has 4 amide bonds. The third kappa shape index (κ3) is 17.7. The highest BCUT2D eigenvalue weighted by molar-refractivity contribution is 5.93. The minimum atomic E-state index is -1.88. The van der Waals surface area contributed by atoms with E-state index in [9.17, 15) is 39.3 Å². The first kappa shape index (κ1) is 63.2. The number of anilines is 1. The summed E-state index contributed by atoms with van der Waals surface area (Å²) in [5, 5.41) is 49.6. The number of ether oxygens (including phenoxy) is 10. The van der Waals surface area contributed by atoms with Gasteiger partial charge in [-0.25, -0.2) is 24.6 Å². The van der Waals surface area contributed by atoms with E-state index < -0.39 is 143 Å². The predicted octanol–water partition coefficient (Wildman–Crippen LogP) is 3.06. The number of carbonyl (C=O) groups excluding carboxylic acids is 5. The molecule has 0 unspecified atom stereocenters. The lowest BCUT2D eigenvalue weighted by atomic mass is 9.82. The number of hydrogen-bond donors (Lipinski definition) is 10. The second kappa shape index (κ2) is 24.8. The van der Waals surface area contributed by atoms with E-state index >= 15 is 0 Å². The smallest absolute Gasteiger partial charge is 0.408 e. The number of aliphatic hydroxyl groups excluding tert-OH is 2. The van der Waals surface area contributed by atoms with Crippen LogP contribution >= 0.6 is 0 Å². The molecule has 3 saturated heterocycles. The molecule has 1 aromatic carbocycles. The van der Waals surface area contributed by atoms with E-state index in [1.165, 1.54) is 14.0 Å². The van der Waals surface area contributed by atoms with Crippen molar-refractivity contribution in [3.8, 4) is 0 Å². The van der Waals surface area contributed by atoms with Crippen molar-refractivity contribution < 1.29 is 86.7 Å². The van der Waals surface area contributed by atoms with Gasteiger partial charge in [-0.3, -0.25) is 4.79 Å². The van der Waals surface area contributed by atoms with Gasteiger partial charge in [0.1, 0.15) is 52.9 Å². The van der Waals surface area contributed by atoms with Crippen LogP contribution in [-0.2, 0) is 57.6 Å². The molecule has 14 atom stereocenters. The quantitative estimate of drug-likeness (QED) is 0.0685. The fraction of sp³-hybridized carbons (Fsp3) is 0.788. The van der Waals surface area contributed by atoms with Gasteiger partial charge < -0.3 is 94.7 Å². The zero-order valence-corrected chi connectivity index (χ0v) is 47.7. The van der Waals surface area contributed by atoms with Gasteiger partial charge in [-0.15, -0.1) is 0 Å². The van der Waals surface area contributed by atoms with Gasteiger partial charge in [-0.1, -0.05) is 26.8 Å². The number of amides is 4. The monoisotopic (exact) mass is 1100 g/mol. The summed E-state index contributed by atoms with van der Waals surface area (Å²) in [6.07, 6.45) is -16.1. The Morgan fingerprint density at radius 2 is 1.27 bits per heavy atom. The molecule has 25 heteroatoms. The molecule has 1 aromatic rings. The third-order valence-corrected chi connectivity index (χ3v) is 12.6. The molecule has 3 heterocycles. The van der Waals surface area contributed by atoms with E-state index in [0.717, 1.165) is 0 Å². The van der Waals surface area contributed by atoms with Crippen LogP contribution in [0, 0.1) is 0 Å².